The van der Waals surface area contributed by atoms with E-state index in [1.807, 2.05) is 0 Å². The van der Waals surface area contributed by atoms with E-state index in [4.69, 9.17) is 5.73 Å². The third kappa shape index (κ3) is 2.70. The van der Waals surface area contributed by atoms with Gasteiger partial charge in [0, 0.05) is 11.1 Å². The van der Waals surface area contributed by atoms with Gasteiger partial charge in [-0.25, -0.2) is 0 Å². The van der Waals surface area contributed by atoms with E-state index in [9.17, 15) is 0 Å². The number of nitrogens with two attached hydrogens (primary N) is 1. The molecule has 1 aromatic carbocycles. The van der Waals surface area contributed by atoms with Crippen LogP contribution in [0.5, 0.6) is 0 Å². The van der Waals surface area contributed by atoms with Crippen molar-refractivity contribution in [1.29, 1.82) is 0 Å². The molecule has 18 heavy (non-hydrogen) atoms. The number of rotatable bonds is 4. The predicted molar refractivity (Wildman–Crippen MR) is 77.9 cm³/mol. The Hall–Kier alpha value is -1.41. The summed E-state index contributed by atoms with van der Waals surface area (Å²) in [7, 11) is 0. The van der Waals surface area contributed by atoms with Gasteiger partial charge in [-0.2, -0.15) is 0 Å². The highest BCUT2D eigenvalue weighted by atomic mass is 14.7. The summed E-state index contributed by atoms with van der Waals surface area (Å²) in [6, 6.07) is 6.68. The monoisotopic (exact) mass is 242 g/mol. The van der Waals surface area contributed by atoms with Crippen LogP contribution in [0.1, 0.15) is 35.2 Å². The molecule has 0 saturated carbocycles. The van der Waals surface area contributed by atoms with Gasteiger partial charge in [-0.3, -0.25) is 4.98 Å². The normalized spacial score (nSPS) is 11.1. The summed E-state index contributed by atoms with van der Waals surface area (Å²) in [6.45, 7) is 7.15. The number of nitrogens with zero attached hydrogens (tertiary/aromatic N) is 1. The van der Waals surface area contributed by atoms with Crippen LogP contribution in [0.25, 0.3) is 10.9 Å². The second kappa shape index (κ2) is 5.49. The Labute approximate surface area is 109 Å². The number of pyridine rings is 1. The Balaban J connectivity index is 2.50. The minimum absolute atomic E-state index is 0.778. The van der Waals surface area contributed by atoms with Crippen molar-refractivity contribution in [2.75, 3.05) is 6.54 Å². The van der Waals surface area contributed by atoms with Crippen molar-refractivity contribution in [3.8, 4) is 0 Å². The molecule has 0 fully saturated rings. The Morgan fingerprint density at radius 3 is 2.56 bits per heavy atom. The first kappa shape index (κ1) is 13.0. The lowest BCUT2D eigenvalue weighted by molar-refractivity contribution is 0.746. The lowest BCUT2D eigenvalue weighted by atomic mass is 9.98. The topological polar surface area (TPSA) is 38.9 Å². The average Bonchev–Trinajstić information content (AvgIpc) is 2.31. The molecule has 0 bridgehead atoms. The number of fused-ring (bicyclic) bond motifs is 1. The molecule has 0 amide bonds. The number of hydrogen-bond acceptors (Lipinski definition) is 2. The molecule has 2 nitrogen and oxygen atoms in total. The summed E-state index contributed by atoms with van der Waals surface area (Å²) in [5.74, 6) is 0. The van der Waals surface area contributed by atoms with E-state index in [0.717, 1.165) is 37.0 Å². The predicted octanol–water partition coefficient (Wildman–Crippen LogP) is 3.44. The van der Waals surface area contributed by atoms with Crippen molar-refractivity contribution in [3.05, 3.63) is 40.6 Å². The van der Waals surface area contributed by atoms with Gasteiger partial charge in [0.2, 0.25) is 0 Å². The van der Waals surface area contributed by atoms with Crippen LogP contribution in [0.2, 0.25) is 0 Å². The lowest BCUT2D eigenvalue weighted by Gasteiger charge is -2.11. The van der Waals surface area contributed by atoms with Crippen molar-refractivity contribution in [1.82, 2.24) is 4.98 Å². The van der Waals surface area contributed by atoms with Gasteiger partial charge in [0.1, 0.15) is 0 Å². The van der Waals surface area contributed by atoms with Gasteiger partial charge in [-0.05, 0) is 69.8 Å². The lowest BCUT2D eigenvalue weighted by Crippen LogP contribution is -2.00. The first-order chi connectivity index (χ1) is 8.61. The van der Waals surface area contributed by atoms with E-state index >= 15 is 0 Å². The van der Waals surface area contributed by atoms with Crippen molar-refractivity contribution in [2.24, 2.45) is 5.73 Å². The standard InChI is InChI=1S/C16H22N2/c1-11-8-12(2)16-15(9-11)14(6-4-5-7-17)10-13(3)18-16/h8-10H,4-7,17H2,1-3H3. The zero-order chi connectivity index (χ0) is 13.1. The maximum absolute atomic E-state index is 5.57. The highest BCUT2D eigenvalue weighted by Gasteiger charge is 2.07. The van der Waals surface area contributed by atoms with Crippen molar-refractivity contribution >= 4 is 10.9 Å². The third-order valence-electron chi connectivity index (χ3n) is 3.36. The fraction of sp³-hybridized carbons (Fsp3) is 0.438. The Morgan fingerprint density at radius 2 is 1.83 bits per heavy atom. The smallest absolute Gasteiger partial charge is 0.0737 e. The molecule has 0 atom stereocenters. The largest absolute Gasteiger partial charge is 0.330 e. The van der Waals surface area contributed by atoms with Gasteiger partial charge in [0.05, 0.1) is 5.52 Å². The molecule has 0 unspecified atom stereocenters. The van der Waals surface area contributed by atoms with Crippen molar-refractivity contribution in [3.63, 3.8) is 0 Å². The molecule has 2 rings (SSSR count). The molecule has 0 radical (unpaired) electrons. The number of unbranched alkanes of at least 4 members (excludes halogenated alkanes) is 1. The van der Waals surface area contributed by atoms with Gasteiger partial charge in [0.25, 0.3) is 0 Å². The number of benzene rings is 1. The van der Waals surface area contributed by atoms with Gasteiger partial charge >= 0.3 is 0 Å². The minimum Gasteiger partial charge on any atom is -0.330 e. The third-order valence-corrected chi connectivity index (χ3v) is 3.36. The summed E-state index contributed by atoms with van der Waals surface area (Å²) in [5.41, 5.74) is 11.8. The summed E-state index contributed by atoms with van der Waals surface area (Å²) < 4.78 is 0. The summed E-state index contributed by atoms with van der Waals surface area (Å²) >= 11 is 0. The van der Waals surface area contributed by atoms with Gasteiger partial charge in [-0.15, -0.1) is 0 Å². The molecule has 2 N–H and O–H groups in total. The molecule has 0 aliphatic heterocycles. The van der Waals surface area contributed by atoms with Crippen LogP contribution < -0.4 is 5.73 Å². The average molecular weight is 242 g/mol. The summed E-state index contributed by atoms with van der Waals surface area (Å²) in [4.78, 5) is 4.68. The summed E-state index contributed by atoms with van der Waals surface area (Å²) in [6.07, 6.45) is 3.34. The van der Waals surface area contributed by atoms with Crippen LogP contribution in [0.4, 0.5) is 0 Å². The fourth-order valence-electron chi connectivity index (χ4n) is 2.56. The van der Waals surface area contributed by atoms with Crippen LogP contribution >= 0.6 is 0 Å². The number of hydrogen-bond donors (Lipinski definition) is 1. The van der Waals surface area contributed by atoms with E-state index in [1.165, 1.54) is 22.1 Å². The maximum atomic E-state index is 5.57. The molecular formula is C16H22N2. The van der Waals surface area contributed by atoms with E-state index in [0.29, 0.717) is 0 Å². The Bertz CT molecular complexity index is 559. The highest BCUT2D eigenvalue weighted by molar-refractivity contribution is 5.86. The van der Waals surface area contributed by atoms with E-state index < -0.39 is 0 Å². The molecule has 2 aromatic rings. The fourth-order valence-corrected chi connectivity index (χ4v) is 2.56. The van der Waals surface area contributed by atoms with Crippen molar-refractivity contribution in [2.45, 2.75) is 40.0 Å². The van der Waals surface area contributed by atoms with Gasteiger partial charge < -0.3 is 5.73 Å². The van der Waals surface area contributed by atoms with Gasteiger partial charge in [-0.1, -0.05) is 11.6 Å². The van der Waals surface area contributed by atoms with E-state index in [-0.39, 0.29) is 0 Å². The Morgan fingerprint density at radius 1 is 1.06 bits per heavy atom. The zero-order valence-corrected chi connectivity index (χ0v) is 11.6. The number of aryl methyl sites for hydroxylation is 4. The van der Waals surface area contributed by atoms with Gasteiger partial charge in [0.15, 0.2) is 0 Å². The second-order valence-electron chi connectivity index (χ2n) is 5.15. The molecule has 0 saturated heterocycles. The van der Waals surface area contributed by atoms with Crippen LogP contribution in [0.15, 0.2) is 18.2 Å². The molecule has 2 heteroatoms. The maximum Gasteiger partial charge on any atom is 0.0737 e. The van der Waals surface area contributed by atoms with Crippen LogP contribution in [-0.4, -0.2) is 11.5 Å². The van der Waals surface area contributed by atoms with E-state index in [1.54, 1.807) is 0 Å². The van der Waals surface area contributed by atoms with E-state index in [2.05, 4.69) is 44.0 Å². The zero-order valence-electron chi connectivity index (χ0n) is 11.6. The highest BCUT2D eigenvalue weighted by Crippen LogP contribution is 2.24. The molecule has 1 heterocycles. The quantitative estimate of drug-likeness (QED) is 0.834. The molecular weight excluding hydrogens is 220 g/mol. The molecule has 0 aliphatic carbocycles. The number of aromatic nitrogens is 1. The van der Waals surface area contributed by atoms with Crippen LogP contribution in [0, 0.1) is 20.8 Å². The van der Waals surface area contributed by atoms with Crippen LogP contribution in [-0.2, 0) is 6.42 Å². The first-order valence-electron chi connectivity index (χ1n) is 6.69. The summed E-state index contributed by atoms with van der Waals surface area (Å²) in [5, 5.41) is 1.31. The molecule has 1 aromatic heterocycles. The molecule has 0 aliphatic rings. The second-order valence-corrected chi connectivity index (χ2v) is 5.15. The van der Waals surface area contributed by atoms with Crippen LogP contribution in [0.3, 0.4) is 0 Å². The molecule has 0 spiro atoms. The first-order valence-corrected chi connectivity index (χ1v) is 6.69. The van der Waals surface area contributed by atoms with Crippen molar-refractivity contribution < 1.29 is 0 Å². The Kier molecular flexibility index (Phi) is 3.97. The SMILES string of the molecule is Cc1cc(C)c2nc(C)cc(CCCCN)c2c1. The molecule has 96 valence electrons. The minimum atomic E-state index is 0.778.